The summed E-state index contributed by atoms with van der Waals surface area (Å²) in [6.07, 6.45) is 2.29. The van der Waals surface area contributed by atoms with Gasteiger partial charge in [-0.1, -0.05) is 31.5 Å². The Balaban J connectivity index is 2.06. The van der Waals surface area contributed by atoms with Crippen LogP contribution in [-0.2, 0) is 14.8 Å². The topological polar surface area (TPSA) is 78.8 Å². The van der Waals surface area contributed by atoms with Gasteiger partial charge in [-0.25, -0.2) is 13.8 Å². The lowest BCUT2D eigenvalue weighted by Gasteiger charge is -2.30. The molecule has 0 aromatic heterocycles. The monoisotopic (exact) mass is 379 g/mol. The highest BCUT2D eigenvalue weighted by Gasteiger charge is 2.33. The number of sulfonamides is 1. The van der Waals surface area contributed by atoms with E-state index in [4.69, 9.17) is 0 Å². The number of benzene rings is 1. The van der Waals surface area contributed by atoms with Gasteiger partial charge in [-0.05, 0) is 51.2 Å². The molecular weight excluding hydrogens is 350 g/mol. The van der Waals surface area contributed by atoms with E-state index in [0.29, 0.717) is 25.3 Å². The predicted octanol–water partition coefficient (Wildman–Crippen LogP) is 2.93. The fraction of sp³-hybridized carbons (Fsp3) is 0.579. The molecule has 1 heterocycles. The van der Waals surface area contributed by atoms with Gasteiger partial charge in [-0.15, -0.1) is 0 Å². The van der Waals surface area contributed by atoms with E-state index in [9.17, 15) is 13.2 Å². The van der Waals surface area contributed by atoms with Crippen LogP contribution in [-0.4, -0.2) is 37.4 Å². The minimum atomic E-state index is -3.58. The van der Waals surface area contributed by atoms with Crippen LogP contribution in [0.5, 0.6) is 0 Å². The number of rotatable bonds is 6. The molecule has 1 aliphatic heterocycles. The Labute approximate surface area is 156 Å². The van der Waals surface area contributed by atoms with Crippen LogP contribution in [0.25, 0.3) is 0 Å². The standard InChI is InChI=1S/C19H29N3O3S/c1-5-15(3)16(4)20-21-19(23)17-7-6-12-22(13-17)26(24,25)18-10-8-14(2)9-11-18/h8-11,15,17H,5-7,12-13H2,1-4H3,(H,21,23)/b20-16-/t15-,17-/m1/s1. The van der Waals surface area contributed by atoms with Crippen LogP contribution in [0.4, 0.5) is 0 Å². The second kappa shape index (κ2) is 8.77. The molecule has 144 valence electrons. The van der Waals surface area contributed by atoms with Crippen LogP contribution in [0.1, 0.15) is 45.6 Å². The van der Waals surface area contributed by atoms with Crippen LogP contribution < -0.4 is 5.43 Å². The van der Waals surface area contributed by atoms with Gasteiger partial charge in [-0.3, -0.25) is 4.79 Å². The second-order valence-electron chi connectivity index (χ2n) is 7.05. The lowest BCUT2D eigenvalue weighted by atomic mass is 9.99. The molecule has 1 N–H and O–H groups in total. The molecule has 1 amide bonds. The first-order valence-corrected chi connectivity index (χ1v) is 10.6. The van der Waals surface area contributed by atoms with Gasteiger partial charge in [0.25, 0.3) is 0 Å². The highest BCUT2D eigenvalue weighted by atomic mass is 32.2. The number of hydrogen-bond donors (Lipinski definition) is 1. The minimum Gasteiger partial charge on any atom is -0.273 e. The molecule has 1 aromatic carbocycles. The number of amides is 1. The molecule has 26 heavy (non-hydrogen) atoms. The average molecular weight is 380 g/mol. The quantitative estimate of drug-likeness (QED) is 0.610. The van der Waals surface area contributed by atoms with E-state index in [1.165, 1.54) is 4.31 Å². The molecule has 1 aromatic rings. The van der Waals surface area contributed by atoms with Crippen molar-refractivity contribution in [3.05, 3.63) is 29.8 Å². The first-order chi connectivity index (χ1) is 12.3. The van der Waals surface area contributed by atoms with Gasteiger partial charge in [-0.2, -0.15) is 9.41 Å². The van der Waals surface area contributed by atoms with Crippen LogP contribution >= 0.6 is 0 Å². The molecule has 1 aliphatic rings. The molecule has 1 fully saturated rings. The molecule has 0 saturated carbocycles. The van der Waals surface area contributed by atoms with Crippen LogP contribution in [0.15, 0.2) is 34.3 Å². The Morgan fingerprint density at radius 1 is 1.35 bits per heavy atom. The number of piperidine rings is 1. The maximum atomic E-state index is 12.8. The Hall–Kier alpha value is -1.73. The zero-order chi connectivity index (χ0) is 19.3. The molecule has 0 bridgehead atoms. The van der Waals surface area contributed by atoms with Gasteiger partial charge in [0.2, 0.25) is 15.9 Å². The van der Waals surface area contributed by atoms with E-state index in [-0.39, 0.29) is 23.3 Å². The molecule has 7 heteroatoms. The number of carbonyl (C=O) groups is 1. The SMILES string of the molecule is CC[C@@H](C)/C(C)=N\NC(=O)[C@@H]1CCCN(S(=O)(=O)c2ccc(C)cc2)C1. The molecule has 6 nitrogen and oxygen atoms in total. The minimum absolute atomic E-state index is 0.194. The Kier molecular flexibility index (Phi) is 6.94. The molecule has 0 unspecified atom stereocenters. The smallest absolute Gasteiger partial charge is 0.244 e. The molecule has 2 rings (SSSR count). The average Bonchev–Trinajstić information content (AvgIpc) is 2.65. The fourth-order valence-electron chi connectivity index (χ4n) is 2.87. The van der Waals surface area contributed by atoms with E-state index in [1.54, 1.807) is 24.3 Å². The molecular formula is C19H29N3O3S. The molecule has 1 saturated heterocycles. The zero-order valence-corrected chi connectivity index (χ0v) is 16.8. The normalized spacial score (nSPS) is 20.6. The summed E-state index contributed by atoms with van der Waals surface area (Å²) >= 11 is 0. The molecule has 2 atom stereocenters. The van der Waals surface area contributed by atoms with Crippen molar-refractivity contribution in [2.75, 3.05) is 13.1 Å². The highest BCUT2D eigenvalue weighted by Crippen LogP contribution is 2.24. The predicted molar refractivity (Wildman–Crippen MR) is 103 cm³/mol. The number of nitrogens with one attached hydrogen (secondary N) is 1. The maximum Gasteiger partial charge on any atom is 0.244 e. The van der Waals surface area contributed by atoms with Gasteiger partial charge >= 0.3 is 0 Å². The van der Waals surface area contributed by atoms with Crippen molar-refractivity contribution in [2.24, 2.45) is 16.9 Å². The zero-order valence-electron chi connectivity index (χ0n) is 16.0. The first kappa shape index (κ1) is 20.6. The van der Waals surface area contributed by atoms with E-state index in [0.717, 1.165) is 17.7 Å². The Morgan fingerprint density at radius 2 is 2.00 bits per heavy atom. The number of carbonyl (C=O) groups excluding carboxylic acids is 1. The number of hydrazone groups is 1. The number of aryl methyl sites for hydroxylation is 1. The highest BCUT2D eigenvalue weighted by molar-refractivity contribution is 7.89. The summed E-state index contributed by atoms with van der Waals surface area (Å²) in [5.41, 5.74) is 4.50. The third kappa shape index (κ3) is 4.92. The summed E-state index contributed by atoms with van der Waals surface area (Å²) in [5.74, 6) is -0.283. The summed E-state index contributed by atoms with van der Waals surface area (Å²) in [6, 6.07) is 6.81. The third-order valence-corrected chi connectivity index (χ3v) is 6.96. The van der Waals surface area contributed by atoms with Gasteiger partial charge in [0, 0.05) is 18.8 Å². The van der Waals surface area contributed by atoms with Crippen molar-refractivity contribution in [1.82, 2.24) is 9.73 Å². The summed E-state index contributed by atoms with van der Waals surface area (Å²) in [5, 5.41) is 4.17. The largest absolute Gasteiger partial charge is 0.273 e. The van der Waals surface area contributed by atoms with Crippen molar-refractivity contribution >= 4 is 21.6 Å². The van der Waals surface area contributed by atoms with Crippen LogP contribution in [0.3, 0.4) is 0 Å². The lowest BCUT2D eigenvalue weighted by molar-refractivity contribution is -0.126. The van der Waals surface area contributed by atoms with Gasteiger partial charge in [0.05, 0.1) is 10.8 Å². The van der Waals surface area contributed by atoms with Crippen molar-refractivity contribution in [2.45, 2.75) is 51.9 Å². The number of hydrogen-bond acceptors (Lipinski definition) is 4. The molecule has 0 spiro atoms. The van der Waals surface area contributed by atoms with Crippen LogP contribution in [0, 0.1) is 18.8 Å². The lowest BCUT2D eigenvalue weighted by Crippen LogP contribution is -2.44. The molecule has 0 radical (unpaired) electrons. The fourth-order valence-corrected chi connectivity index (χ4v) is 4.40. The van der Waals surface area contributed by atoms with E-state index in [1.807, 2.05) is 13.8 Å². The second-order valence-corrected chi connectivity index (χ2v) is 8.99. The van der Waals surface area contributed by atoms with Crippen molar-refractivity contribution < 1.29 is 13.2 Å². The Bertz CT molecular complexity index is 757. The van der Waals surface area contributed by atoms with Crippen molar-refractivity contribution in [1.29, 1.82) is 0 Å². The van der Waals surface area contributed by atoms with Crippen molar-refractivity contribution in [3.63, 3.8) is 0 Å². The summed E-state index contributed by atoms with van der Waals surface area (Å²) in [6.45, 7) is 8.57. The van der Waals surface area contributed by atoms with Crippen molar-refractivity contribution in [3.8, 4) is 0 Å². The number of nitrogens with zero attached hydrogens (tertiary/aromatic N) is 2. The van der Waals surface area contributed by atoms with Gasteiger partial charge in [0.15, 0.2) is 0 Å². The van der Waals surface area contributed by atoms with Gasteiger partial charge in [0.1, 0.15) is 0 Å². The Morgan fingerprint density at radius 3 is 2.62 bits per heavy atom. The van der Waals surface area contributed by atoms with Crippen LogP contribution in [0.2, 0.25) is 0 Å². The van der Waals surface area contributed by atoms with E-state index < -0.39 is 10.0 Å². The van der Waals surface area contributed by atoms with E-state index in [2.05, 4.69) is 24.4 Å². The summed E-state index contributed by atoms with van der Waals surface area (Å²) in [4.78, 5) is 12.7. The summed E-state index contributed by atoms with van der Waals surface area (Å²) < 4.78 is 27.1. The third-order valence-electron chi connectivity index (χ3n) is 5.08. The van der Waals surface area contributed by atoms with Gasteiger partial charge < -0.3 is 0 Å². The molecule has 0 aliphatic carbocycles. The van der Waals surface area contributed by atoms with E-state index >= 15 is 0 Å². The first-order valence-electron chi connectivity index (χ1n) is 9.16. The summed E-state index contributed by atoms with van der Waals surface area (Å²) in [7, 11) is -3.58. The maximum absolute atomic E-state index is 12.8.